The third-order valence-corrected chi connectivity index (χ3v) is 7.38. The van der Waals surface area contributed by atoms with Crippen molar-refractivity contribution in [1.29, 1.82) is 0 Å². The summed E-state index contributed by atoms with van der Waals surface area (Å²) in [5, 5.41) is 5.42. The van der Waals surface area contributed by atoms with E-state index in [1.807, 2.05) is 37.0 Å². The van der Waals surface area contributed by atoms with E-state index in [4.69, 9.17) is 10.8 Å². The average molecular weight is 508 g/mol. The van der Waals surface area contributed by atoms with Gasteiger partial charge in [-0.15, -0.1) is 0 Å². The van der Waals surface area contributed by atoms with Gasteiger partial charge in [0.2, 0.25) is 5.91 Å². The highest BCUT2D eigenvalue weighted by molar-refractivity contribution is 6.10. The van der Waals surface area contributed by atoms with Crippen LogP contribution in [-0.4, -0.2) is 54.0 Å². The van der Waals surface area contributed by atoms with Gasteiger partial charge in [0.05, 0.1) is 39.9 Å². The third-order valence-electron chi connectivity index (χ3n) is 7.38. The maximum Gasteiger partial charge on any atom is 0.246 e. The zero-order valence-corrected chi connectivity index (χ0v) is 21.5. The van der Waals surface area contributed by atoms with Crippen LogP contribution in [0.15, 0.2) is 43.4 Å². The minimum Gasteiger partial charge on any atom is -0.383 e. The van der Waals surface area contributed by atoms with Crippen LogP contribution >= 0.6 is 0 Å². The molecule has 0 radical (unpaired) electrons. The summed E-state index contributed by atoms with van der Waals surface area (Å²) in [6.07, 6.45) is 7.83. The lowest BCUT2D eigenvalue weighted by molar-refractivity contribution is -0.125. The lowest BCUT2D eigenvalue weighted by Gasteiger charge is -2.16. The third kappa shape index (κ3) is 4.02. The van der Waals surface area contributed by atoms with Gasteiger partial charge >= 0.3 is 0 Å². The van der Waals surface area contributed by atoms with Crippen LogP contribution in [-0.2, 0) is 4.79 Å². The number of imidazole rings is 1. The molecule has 1 amide bonds. The topological polar surface area (TPSA) is 112 Å². The van der Waals surface area contributed by atoms with Gasteiger partial charge in [0.1, 0.15) is 11.5 Å². The Kier molecular flexibility index (Phi) is 5.75. The Morgan fingerprint density at radius 3 is 2.71 bits per heavy atom. The van der Waals surface area contributed by atoms with Crippen molar-refractivity contribution in [2.75, 3.05) is 18.8 Å². The van der Waals surface area contributed by atoms with Crippen molar-refractivity contribution in [2.24, 2.45) is 5.92 Å². The van der Waals surface area contributed by atoms with Crippen molar-refractivity contribution in [3.05, 3.63) is 60.2 Å². The number of ketones is 1. The van der Waals surface area contributed by atoms with Crippen molar-refractivity contribution < 1.29 is 9.59 Å². The van der Waals surface area contributed by atoms with Gasteiger partial charge in [-0.25, -0.2) is 9.97 Å². The maximum absolute atomic E-state index is 13.2. The zero-order chi connectivity index (χ0) is 26.6. The first-order valence-electron chi connectivity index (χ1n) is 13.0. The predicted molar refractivity (Wildman–Crippen MR) is 146 cm³/mol. The monoisotopic (exact) mass is 507 g/mol. The van der Waals surface area contributed by atoms with E-state index in [-0.39, 0.29) is 29.5 Å². The van der Waals surface area contributed by atoms with Crippen LogP contribution in [0.5, 0.6) is 0 Å². The number of pyridine rings is 1. The molecule has 0 bridgehead atoms. The van der Waals surface area contributed by atoms with Crippen molar-refractivity contribution in [3.63, 3.8) is 0 Å². The fraction of sp³-hybridized carbons (Fsp3) is 0.345. The van der Waals surface area contributed by atoms with Crippen molar-refractivity contribution >= 4 is 39.4 Å². The number of Topliss-reactive ketones (excluding diaryl/α,β-unsaturated/α-hetero) is 1. The number of amides is 1. The Labute approximate surface area is 220 Å². The highest BCUT2D eigenvalue weighted by Crippen LogP contribution is 2.37. The van der Waals surface area contributed by atoms with Crippen molar-refractivity contribution in [3.8, 4) is 11.8 Å². The van der Waals surface area contributed by atoms with Crippen molar-refractivity contribution in [2.45, 2.75) is 45.2 Å². The minimum absolute atomic E-state index is 0.0446. The molecule has 0 spiro atoms. The molecule has 1 aliphatic heterocycles. The first kappa shape index (κ1) is 23.9. The van der Waals surface area contributed by atoms with E-state index in [1.54, 1.807) is 4.90 Å². The van der Waals surface area contributed by atoms with Gasteiger partial charge in [-0.1, -0.05) is 26.3 Å². The summed E-state index contributed by atoms with van der Waals surface area (Å²) in [5.74, 6) is 6.28. The molecule has 4 heterocycles. The molecule has 1 saturated carbocycles. The quantitative estimate of drug-likeness (QED) is 0.249. The second-order valence-corrected chi connectivity index (χ2v) is 10.4. The Morgan fingerprint density at radius 1 is 1.16 bits per heavy atom. The van der Waals surface area contributed by atoms with Crippen LogP contribution in [0.2, 0.25) is 0 Å². The number of benzene rings is 1. The number of nitrogen functional groups attached to an aromatic ring is 1. The van der Waals surface area contributed by atoms with E-state index in [0.29, 0.717) is 47.7 Å². The Bertz CT molecular complexity index is 1680. The summed E-state index contributed by atoms with van der Waals surface area (Å²) >= 11 is 0. The number of nitrogens with two attached hydrogens (primary N) is 1. The molecule has 38 heavy (non-hydrogen) atoms. The molecule has 9 nitrogen and oxygen atoms in total. The molecule has 4 aromatic rings. The van der Waals surface area contributed by atoms with Crippen LogP contribution in [0.3, 0.4) is 0 Å². The van der Waals surface area contributed by atoms with Crippen LogP contribution < -0.4 is 5.73 Å². The molecule has 1 aliphatic carbocycles. The van der Waals surface area contributed by atoms with E-state index in [1.165, 1.54) is 25.1 Å². The molecule has 192 valence electrons. The first-order chi connectivity index (χ1) is 18.4. The number of rotatable bonds is 5. The van der Waals surface area contributed by atoms with Gasteiger partial charge in [-0.05, 0) is 49.5 Å². The van der Waals surface area contributed by atoms with Crippen molar-refractivity contribution in [1.82, 2.24) is 29.2 Å². The van der Waals surface area contributed by atoms with Gasteiger partial charge < -0.3 is 15.2 Å². The molecule has 1 aromatic carbocycles. The molecule has 3 aromatic heterocycles. The highest BCUT2D eigenvalue weighted by Gasteiger charge is 2.31. The van der Waals surface area contributed by atoms with Crippen LogP contribution in [0.25, 0.3) is 21.9 Å². The zero-order valence-electron chi connectivity index (χ0n) is 21.5. The van der Waals surface area contributed by atoms with Crippen LogP contribution in [0.1, 0.15) is 66.8 Å². The van der Waals surface area contributed by atoms with E-state index in [9.17, 15) is 9.59 Å². The number of nitrogens with zero attached hydrogens (tertiary/aromatic N) is 6. The first-order valence-corrected chi connectivity index (χ1v) is 13.0. The number of hydrogen-bond donors (Lipinski definition) is 1. The minimum atomic E-state index is -0.230. The van der Waals surface area contributed by atoms with Gasteiger partial charge in [-0.3, -0.25) is 14.3 Å². The highest BCUT2D eigenvalue weighted by atomic mass is 16.2. The summed E-state index contributed by atoms with van der Waals surface area (Å²) < 4.78 is 4.05. The normalized spacial score (nSPS) is 17.2. The number of carbonyl (C=O) groups is 2. The molecular formula is C29H29N7O2. The molecule has 0 unspecified atom stereocenters. The van der Waals surface area contributed by atoms with E-state index in [0.717, 1.165) is 16.6 Å². The van der Waals surface area contributed by atoms with E-state index < -0.39 is 0 Å². The molecule has 2 fully saturated rings. The fourth-order valence-corrected chi connectivity index (χ4v) is 5.19. The molecule has 1 atom stereocenters. The summed E-state index contributed by atoms with van der Waals surface area (Å²) in [6, 6.07) is 6.45. The molecule has 2 N–H and O–H groups in total. The maximum atomic E-state index is 13.2. The molecule has 9 heteroatoms. The fourth-order valence-electron chi connectivity index (χ4n) is 5.19. The van der Waals surface area contributed by atoms with Gasteiger partial charge in [0.15, 0.2) is 5.78 Å². The molecule has 1 saturated heterocycles. The average Bonchev–Trinajstić information content (AvgIpc) is 3.32. The van der Waals surface area contributed by atoms with Gasteiger partial charge in [0.25, 0.3) is 0 Å². The SMILES string of the molecule is C=CC(=O)N1CC[C@H](n2nc(C#Cc3ccc4c(c3)ncn4C3CC3)c3c(N)ncc(C(=O)C(C)C)c32)C1. The number of likely N-dealkylation sites (tertiary alicyclic amines) is 1. The number of hydrogen-bond acceptors (Lipinski definition) is 6. The Balaban J connectivity index is 1.45. The Morgan fingerprint density at radius 2 is 1.97 bits per heavy atom. The number of aromatic nitrogens is 5. The summed E-state index contributed by atoms with van der Waals surface area (Å²) in [5.41, 5.74) is 10.7. The molecule has 6 rings (SSSR count). The summed E-state index contributed by atoms with van der Waals surface area (Å²) in [7, 11) is 0. The predicted octanol–water partition coefficient (Wildman–Crippen LogP) is 3.90. The molecular weight excluding hydrogens is 478 g/mol. The second-order valence-electron chi connectivity index (χ2n) is 10.4. The summed E-state index contributed by atoms with van der Waals surface area (Å²) in [4.78, 5) is 36.0. The lowest BCUT2D eigenvalue weighted by atomic mass is 10.00. The largest absolute Gasteiger partial charge is 0.383 e. The van der Waals surface area contributed by atoms with E-state index in [2.05, 4.69) is 39.0 Å². The smallest absolute Gasteiger partial charge is 0.246 e. The van der Waals surface area contributed by atoms with Gasteiger partial charge in [0, 0.05) is 36.8 Å². The standard InChI is InChI=1S/C29H29N7O2/c1-4-25(37)34-12-11-20(15-34)36-27-21(28(38)17(2)3)14-31-29(30)26(27)22(33-36)9-5-18-6-10-24-23(13-18)32-16-35(24)19-7-8-19/h4,6,10,13-14,16-17,19-20H,1,7-8,11-12,15H2,2-3H3,(H2,30,31)/t20-/m0/s1. The number of anilines is 1. The number of carbonyl (C=O) groups excluding carboxylic acids is 2. The van der Waals surface area contributed by atoms with Gasteiger partial charge in [-0.2, -0.15) is 5.10 Å². The van der Waals surface area contributed by atoms with E-state index >= 15 is 0 Å². The Hall–Kier alpha value is -4.45. The van der Waals surface area contributed by atoms with Crippen LogP contribution in [0, 0.1) is 17.8 Å². The van der Waals surface area contributed by atoms with Crippen LogP contribution in [0.4, 0.5) is 5.82 Å². The number of fused-ring (bicyclic) bond motifs is 2. The lowest BCUT2D eigenvalue weighted by Crippen LogP contribution is -2.27. The summed E-state index contributed by atoms with van der Waals surface area (Å²) in [6.45, 7) is 8.36. The second kappa shape index (κ2) is 9.14. The molecule has 2 aliphatic rings.